The Morgan fingerprint density at radius 1 is 0.400 bits per heavy atom. The molecule has 0 radical (unpaired) electrons. The summed E-state index contributed by atoms with van der Waals surface area (Å²) in [5, 5.41) is 4.83. The summed E-state index contributed by atoms with van der Waals surface area (Å²) in [6, 6.07) is 79.2. The molecule has 0 saturated heterocycles. The fraction of sp³-hybridized carbons (Fsp3) is 0. The Kier molecular flexibility index (Phi) is 7.95. The second-order valence-electron chi connectivity index (χ2n) is 17.1. The maximum absolute atomic E-state index is 7.04. The zero-order valence-corrected chi connectivity index (χ0v) is 35.9. The summed E-state index contributed by atoms with van der Waals surface area (Å²) in [6.07, 6.45) is 0. The lowest BCUT2D eigenvalue weighted by Gasteiger charge is -2.41. The largest absolute Gasteiger partial charge is 0.458 e. The number of hydrogen-bond acceptors (Lipinski definition) is 4. The predicted molar refractivity (Wildman–Crippen MR) is 274 cm³/mol. The molecular formula is C60H36BNO2S. The molecule has 0 aliphatic carbocycles. The van der Waals surface area contributed by atoms with Crippen molar-refractivity contribution in [2.45, 2.75) is 0 Å². The molecule has 3 nitrogen and oxygen atoms in total. The molecule has 0 N–H and O–H groups in total. The van der Waals surface area contributed by atoms with E-state index in [-0.39, 0.29) is 6.71 Å². The highest BCUT2D eigenvalue weighted by Gasteiger charge is 2.43. The zero-order valence-electron chi connectivity index (χ0n) is 35.0. The van der Waals surface area contributed by atoms with Gasteiger partial charge in [-0.3, -0.25) is 0 Å². The third kappa shape index (κ3) is 5.49. The van der Waals surface area contributed by atoms with Crippen LogP contribution in [0.5, 0.6) is 11.5 Å². The van der Waals surface area contributed by atoms with Gasteiger partial charge in [0, 0.05) is 59.0 Å². The van der Waals surface area contributed by atoms with E-state index in [2.05, 4.69) is 217 Å². The topological polar surface area (TPSA) is 25.6 Å². The molecule has 0 fully saturated rings. The Labute approximate surface area is 380 Å². The monoisotopic (exact) mass is 845 g/mol. The van der Waals surface area contributed by atoms with Gasteiger partial charge in [-0.25, -0.2) is 0 Å². The summed E-state index contributed by atoms with van der Waals surface area (Å²) < 4.78 is 16.3. The molecule has 2 aromatic heterocycles. The molecule has 2 aliphatic rings. The number of furan rings is 1. The summed E-state index contributed by atoms with van der Waals surface area (Å²) >= 11 is 1.88. The third-order valence-electron chi connectivity index (χ3n) is 13.6. The number of nitrogens with zero attached hydrogens (tertiary/aromatic N) is 1. The number of para-hydroxylation sites is 3. The number of fused-ring (bicyclic) bond motifs is 10. The lowest BCUT2D eigenvalue weighted by Crippen LogP contribution is -2.59. The fourth-order valence-corrected chi connectivity index (χ4v) is 11.9. The molecule has 14 rings (SSSR count). The maximum atomic E-state index is 7.04. The van der Waals surface area contributed by atoms with Gasteiger partial charge in [0.05, 0.1) is 5.69 Å². The van der Waals surface area contributed by atoms with E-state index in [4.69, 9.17) is 9.15 Å². The first-order chi connectivity index (χ1) is 32.2. The van der Waals surface area contributed by atoms with Crippen molar-refractivity contribution in [3.8, 4) is 56.0 Å². The second-order valence-corrected chi connectivity index (χ2v) is 18.1. The summed E-state index contributed by atoms with van der Waals surface area (Å²) in [6.45, 7) is -0.128. The van der Waals surface area contributed by atoms with Crippen LogP contribution in [-0.2, 0) is 0 Å². The molecule has 0 amide bonds. The molecular weight excluding hydrogens is 810 g/mol. The van der Waals surface area contributed by atoms with Crippen molar-refractivity contribution in [1.82, 2.24) is 0 Å². The van der Waals surface area contributed by atoms with Crippen molar-refractivity contribution in [2.24, 2.45) is 0 Å². The lowest BCUT2D eigenvalue weighted by molar-refractivity contribution is 0.487. The molecule has 5 heteroatoms. The quantitative estimate of drug-likeness (QED) is 0.161. The van der Waals surface area contributed by atoms with Crippen LogP contribution in [0.4, 0.5) is 17.1 Å². The summed E-state index contributed by atoms with van der Waals surface area (Å²) in [4.78, 5) is 2.52. The first-order valence-corrected chi connectivity index (χ1v) is 23.0. The van der Waals surface area contributed by atoms with Gasteiger partial charge in [0.15, 0.2) is 0 Å². The number of benzene rings is 10. The van der Waals surface area contributed by atoms with E-state index in [1.165, 1.54) is 36.8 Å². The minimum atomic E-state index is -0.128. The van der Waals surface area contributed by atoms with E-state index in [1.807, 2.05) is 17.4 Å². The Balaban J connectivity index is 1.05. The van der Waals surface area contributed by atoms with Gasteiger partial charge in [-0.05, 0) is 80.6 Å². The van der Waals surface area contributed by atoms with Gasteiger partial charge in [-0.2, -0.15) is 0 Å². The Morgan fingerprint density at radius 2 is 1.02 bits per heavy atom. The van der Waals surface area contributed by atoms with Crippen molar-refractivity contribution in [2.75, 3.05) is 4.90 Å². The molecule has 0 bridgehead atoms. The van der Waals surface area contributed by atoms with Gasteiger partial charge in [-0.15, -0.1) is 11.3 Å². The van der Waals surface area contributed by atoms with E-state index in [9.17, 15) is 0 Å². The molecule has 0 saturated carbocycles. The van der Waals surface area contributed by atoms with Crippen LogP contribution < -0.4 is 26.0 Å². The molecule has 0 spiro atoms. The molecule has 0 atom stereocenters. The highest BCUT2D eigenvalue weighted by molar-refractivity contribution is 7.26. The maximum Gasteiger partial charge on any atom is 0.256 e. The molecule has 302 valence electrons. The summed E-state index contributed by atoms with van der Waals surface area (Å²) in [5.41, 5.74) is 17.9. The number of ether oxygens (including phenoxy) is 1. The zero-order chi connectivity index (χ0) is 42.6. The highest BCUT2D eigenvalue weighted by Crippen LogP contribution is 2.50. The number of anilines is 3. The predicted octanol–water partition coefficient (Wildman–Crippen LogP) is 15.0. The van der Waals surface area contributed by atoms with E-state index in [0.29, 0.717) is 0 Å². The van der Waals surface area contributed by atoms with Gasteiger partial charge in [0.1, 0.15) is 22.7 Å². The smallest absolute Gasteiger partial charge is 0.256 e. The SMILES string of the molecule is c1ccc(-c2cccc(-c3ccccc3)c2N2c3ccc(-c4cccc5c4sc4ccccc45)cc3B3c4cc(-c5cccc6c5oc5ccccc56)ccc4Oc4cccc2c43)cc1. The fourth-order valence-electron chi connectivity index (χ4n) is 10.7. The van der Waals surface area contributed by atoms with Gasteiger partial charge in [0.25, 0.3) is 6.71 Å². The van der Waals surface area contributed by atoms with Crippen molar-refractivity contribution < 1.29 is 9.15 Å². The van der Waals surface area contributed by atoms with Crippen LogP contribution in [0.25, 0.3) is 86.6 Å². The van der Waals surface area contributed by atoms with Gasteiger partial charge in [0.2, 0.25) is 0 Å². The minimum Gasteiger partial charge on any atom is -0.458 e. The van der Waals surface area contributed by atoms with Crippen LogP contribution in [0.1, 0.15) is 0 Å². The van der Waals surface area contributed by atoms with E-state index < -0.39 is 0 Å². The standard InChI is InChI=1S/C60H36BNO2S/c1-3-15-37(16-4-1)41-21-11-22-42(38-17-5-2-6-18-38)58(41)62-51-33-31-40(44-24-13-26-48-46-20-8-10-30-56(46)65-60(44)48)35-49(51)61-50-36-39(32-34-54(50)63-55-29-14-27-52(62)57(55)61)43-23-12-25-47-45-19-7-9-28-53(45)64-59(43)47/h1-36H. The molecule has 10 aromatic carbocycles. The second kappa shape index (κ2) is 14.2. The van der Waals surface area contributed by atoms with Crippen molar-refractivity contribution in [1.29, 1.82) is 0 Å². The Bertz CT molecular complexity index is 3830. The van der Waals surface area contributed by atoms with Crippen molar-refractivity contribution >= 4 is 93.6 Å². The first-order valence-electron chi connectivity index (χ1n) is 22.2. The average Bonchev–Trinajstić information content (AvgIpc) is 3.95. The van der Waals surface area contributed by atoms with E-state index >= 15 is 0 Å². The Hall–Kier alpha value is -8.12. The number of rotatable bonds is 5. The van der Waals surface area contributed by atoms with Crippen LogP contribution in [0.15, 0.2) is 223 Å². The third-order valence-corrected chi connectivity index (χ3v) is 14.8. The van der Waals surface area contributed by atoms with Crippen molar-refractivity contribution in [3.63, 3.8) is 0 Å². The summed E-state index contributed by atoms with van der Waals surface area (Å²) in [7, 11) is 0. The molecule has 0 unspecified atom stereocenters. The van der Waals surface area contributed by atoms with Gasteiger partial charge >= 0.3 is 0 Å². The normalized spacial score (nSPS) is 12.7. The van der Waals surface area contributed by atoms with Crippen molar-refractivity contribution in [3.05, 3.63) is 218 Å². The van der Waals surface area contributed by atoms with Crippen LogP contribution in [-0.4, -0.2) is 6.71 Å². The minimum absolute atomic E-state index is 0.128. The van der Waals surface area contributed by atoms with Gasteiger partial charge < -0.3 is 14.1 Å². The average molecular weight is 846 g/mol. The summed E-state index contributed by atoms with van der Waals surface area (Å²) in [5.74, 6) is 1.74. The molecule has 2 aliphatic heterocycles. The number of hydrogen-bond donors (Lipinski definition) is 0. The van der Waals surface area contributed by atoms with Crippen LogP contribution in [0, 0.1) is 0 Å². The molecule has 12 aromatic rings. The van der Waals surface area contributed by atoms with E-state index in [1.54, 1.807) is 0 Å². The number of thiophene rings is 1. The first kappa shape index (κ1) is 36.4. The van der Waals surface area contributed by atoms with E-state index in [0.717, 1.165) is 94.8 Å². The highest BCUT2D eigenvalue weighted by atomic mass is 32.1. The van der Waals surface area contributed by atoms with Gasteiger partial charge in [-0.1, -0.05) is 182 Å². The van der Waals surface area contributed by atoms with Crippen LogP contribution >= 0.6 is 11.3 Å². The van der Waals surface area contributed by atoms with Crippen LogP contribution in [0.2, 0.25) is 0 Å². The Morgan fingerprint density at radius 3 is 1.83 bits per heavy atom. The lowest BCUT2D eigenvalue weighted by atomic mass is 9.34. The van der Waals surface area contributed by atoms with Crippen LogP contribution in [0.3, 0.4) is 0 Å². The molecule has 65 heavy (non-hydrogen) atoms. The molecule has 4 heterocycles.